The van der Waals surface area contributed by atoms with Crippen LogP contribution in [0.15, 0.2) is 0 Å². The lowest BCUT2D eigenvalue weighted by molar-refractivity contribution is -0.136. The summed E-state index contributed by atoms with van der Waals surface area (Å²) < 4.78 is 36.1. The Morgan fingerprint density at radius 2 is 2.06 bits per heavy atom. The molecule has 1 atom stereocenters. The van der Waals surface area contributed by atoms with Gasteiger partial charge in [0.2, 0.25) is 0 Å². The topological polar surface area (TPSA) is 15.3 Å². The van der Waals surface area contributed by atoms with Crippen LogP contribution in [0, 0.1) is 0 Å². The first-order valence-corrected chi connectivity index (χ1v) is 6.04. The van der Waals surface area contributed by atoms with Crippen LogP contribution in [0.25, 0.3) is 0 Å². The number of hydrogen-bond donors (Lipinski definition) is 1. The molecule has 1 aliphatic rings. The average molecular weight is 238 g/mol. The molecule has 1 heterocycles. The molecule has 1 rings (SSSR count). The molecule has 1 aliphatic heterocycles. The van der Waals surface area contributed by atoms with Crippen LogP contribution in [0.5, 0.6) is 0 Å². The van der Waals surface area contributed by atoms with Crippen LogP contribution < -0.4 is 5.32 Å². The quantitative estimate of drug-likeness (QED) is 0.764. The summed E-state index contributed by atoms with van der Waals surface area (Å²) in [6.07, 6.45) is -2.38. The number of hydrogen-bond acceptors (Lipinski definition) is 2. The minimum Gasteiger partial charge on any atom is -0.315 e. The Labute approximate surface area is 95.2 Å². The highest BCUT2D eigenvalue weighted by molar-refractivity contribution is 4.80. The molecule has 0 spiro atoms. The van der Waals surface area contributed by atoms with Gasteiger partial charge in [0.25, 0.3) is 0 Å². The molecule has 0 amide bonds. The van der Waals surface area contributed by atoms with E-state index < -0.39 is 12.6 Å². The second-order valence-electron chi connectivity index (χ2n) is 4.40. The van der Waals surface area contributed by atoms with Gasteiger partial charge < -0.3 is 5.32 Å². The summed E-state index contributed by atoms with van der Waals surface area (Å²) in [7, 11) is 0. The molecule has 0 aromatic rings. The van der Waals surface area contributed by atoms with Gasteiger partial charge in [-0.25, -0.2) is 0 Å². The molecule has 16 heavy (non-hydrogen) atoms. The molecule has 5 heteroatoms. The number of alkyl halides is 3. The van der Waals surface area contributed by atoms with E-state index in [0.717, 1.165) is 32.5 Å². The van der Waals surface area contributed by atoms with Crippen LogP contribution in [0.3, 0.4) is 0 Å². The van der Waals surface area contributed by atoms with Crippen LogP contribution in [0.2, 0.25) is 0 Å². The average Bonchev–Trinajstić information content (AvgIpc) is 2.67. The fraction of sp³-hybridized carbons (Fsp3) is 1.00. The Morgan fingerprint density at radius 3 is 2.56 bits per heavy atom. The predicted molar refractivity (Wildman–Crippen MR) is 58.4 cm³/mol. The van der Waals surface area contributed by atoms with Crippen molar-refractivity contribution in [3.63, 3.8) is 0 Å². The Morgan fingerprint density at radius 1 is 1.31 bits per heavy atom. The third-order valence-corrected chi connectivity index (χ3v) is 2.97. The van der Waals surface area contributed by atoms with E-state index in [1.807, 2.05) is 0 Å². The molecule has 0 bridgehead atoms. The van der Waals surface area contributed by atoms with Crippen LogP contribution in [-0.4, -0.2) is 43.3 Å². The monoisotopic (exact) mass is 238 g/mol. The largest absolute Gasteiger partial charge is 0.389 e. The summed E-state index contributed by atoms with van der Waals surface area (Å²) in [5.41, 5.74) is 0. The summed E-state index contributed by atoms with van der Waals surface area (Å²) in [6, 6.07) is 0.438. The van der Waals surface area contributed by atoms with Gasteiger partial charge in [-0.3, -0.25) is 4.90 Å². The first kappa shape index (κ1) is 13.8. The van der Waals surface area contributed by atoms with Crippen molar-refractivity contribution in [2.75, 3.05) is 26.2 Å². The Kier molecular flexibility index (Phi) is 5.55. The van der Waals surface area contributed by atoms with Gasteiger partial charge in [0, 0.05) is 19.0 Å². The molecule has 96 valence electrons. The van der Waals surface area contributed by atoms with E-state index in [1.54, 1.807) is 0 Å². The summed E-state index contributed by atoms with van der Waals surface area (Å²) in [4.78, 5) is 2.20. The van der Waals surface area contributed by atoms with Crippen molar-refractivity contribution in [2.45, 2.75) is 44.8 Å². The van der Waals surface area contributed by atoms with Crippen molar-refractivity contribution in [2.24, 2.45) is 0 Å². The number of rotatable bonds is 6. The normalized spacial score (nSPS) is 21.9. The van der Waals surface area contributed by atoms with Crippen molar-refractivity contribution in [3.05, 3.63) is 0 Å². The van der Waals surface area contributed by atoms with E-state index in [-0.39, 0.29) is 6.42 Å². The van der Waals surface area contributed by atoms with Gasteiger partial charge in [-0.2, -0.15) is 13.2 Å². The van der Waals surface area contributed by atoms with Crippen molar-refractivity contribution < 1.29 is 13.2 Å². The van der Waals surface area contributed by atoms with E-state index in [0.29, 0.717) is 12.6 Å². The number of halogens is 3. The molecule has 1 saturated heterocycles. The fourth-order valence-corrected chi connectivity index (χ4v) is 2.20. The molecule has 2 nitrogen and oxygen atoms in total. The smallest absolute Gasteiger partial charge is 0.315 e. The highest BCUT2D eigenvalue weighted by atomic mass is 19.4. The maximum atomic E-state index is 12.0. The van der Waals surface area contributed by atoms with Crippen LogP contribution in [0.1, 0.15) is 32.6 Å². The molecular formula is C11H21F3N2. The molecule has 0 aliphatic carbocycles. The first-order chi connectivity index (χ1) is 7.53. The van der Waals surface area contributed by atoms with Crippen molar-refractivity contribution in [1.29, 1.82) is 0 Å². The first-order valence-electron chi connectivity index (χ1n) is 6.04. The zero-order valence-corrected chi connectivity index (χ0v) is 9.82. The maximum Gasteiger partial charge on any atom is 0.389 e. The molecule has 0 radical (unpaired) electrons. The zero-order valence-electron chi connectivity index (χ0n) is 9.82. The Balaban J connectivity index is 2.27. The minimum atomic E-state index is -4.01. The van der Waals surface area contributed by atoms with E-state index in [9.17, 15) is 13.2 Å². The molecule has 0 aromatic carbocycles. The number of nitrogens with one attached hydrogen (secondary N) is 1. The molecule has 1 unspecified atom stereocenters. The van der Waals surface area contributed by atoms with E-state index in [1.165, 1.54) is 0 Å². The van der Waals surface area contributed by atoms with E-state index >= 15 is 0 Å². The lowest BCUT2D eigenvalue weighted by Crippen LogP contribution is -2.38. The summed E-state index contributed by atoms with van der Waals surface area (Å²) in [5, 5.41) is 3.25. The second-order valence-corrected chi connectivity index (χ2v) is 4.40. The standard InChI is InChI=1S/C11H21F3N2/c1-2-7-16(10-4-6-15-9-10)8-3-5-11(12,13)14/h10,15H,2-9H2,1H3. The van der Waals surface area contributed by atoms with Gasteiger partial charge >= 0.3 is 6.18 Å². The van der Waals surface area contributed by atoms with Gasteiger partial charge in [0.15, 0.2) is 0 Å². The summed E-state index contributed by atoms with van der Waals surface area (Å²) >= 11 is 0. The second kappa shape index (κ2) is 6.45. The highest BCUT2D eigenvalue weighted by Crippen LogP contribution is 2.22. The summed E-state index contributed by atoms with van der Waals surface area (Å²) in [6.45, 7) is 5.46. The molecule has 1 N–H and O–H groups in total. The van der Waals surface area contributed by atoms with E-state index in [2.05, 4.69) is 17.1 Å². The summed E-state index contributed by atoms with van der Waals surface area (Å²) in [5.74, 6) is 0. The van der Waals surface area contributed by atoms with Gasteiger partial charge in [-0.15, -0.1) is 0 Å². The molecule has 0 saturated carbocycles. The third-order valence-electron chi connectivity index (χ3n) is 2.97. The Hall–Kier alpha value is -0.290. The molecule has 0 aromatic heterocycles. The Bertz CT molecular complexity index is 188. The predicted octanol–water partition coefficient (Wildman–Crippen LogP) is 2.40. The van der Waals surface area contributed by atoms with Crippen LogP contribution in [-0.2, 0) is 0 Å². The lowest BCUT2D eigenvalue weighted by Gasteiger charge is -2.28. The molecular weight excluding hydrogens is 217 g/mol. The zero-order chi connectivity index (χ0) is 12.0. The third kappa shape index (κ3) is 5.16. The maximum absolute atomic E-state index is 12.0. The molecule has 1 fully saturated rings. The van der Waals surface area contributed by atoms with Crippen LogP contribution in [0.4, 0.5) is 13.2 Å². The van der Waals surface area contributed by atoms with Gasteiger partial charge in [0.05, 0.1) is 0 Å². The van der Waals surface area contributed by atoms with Crippen molar-refractivity contribution in [1.82, 2.24) is 10.2 Å². The van der Waals surface area contributed by atoms with Crippen LogP contribution >= 0.6 is 0 Å². The SMILES string of the molecule is CCCN(CCCC(F)(F)F)C1CCNC1. The lowest BCUT2D eigenvalue weighted by atomic mass is 10.2. The fourth-order valence-electron chi connectivity index (χ4n) is 2.20. The van der Waals surface area contributed by atoms with Crippen molar-refractivity contribution in [3.8, 4) is 0 Å². The minimum absolute atomic E-state index is 0.222. The van der Waals surface area contributed by atoms with Gasteiger partial charge in [-0.1, -0.05) is 6.92 Å². The number of nitrogens with zero attached hydrogens (tertiary/aromatic N) is 1. The van der Waals surface area contributed by atoms with Gasteiger partial charge in [0.1, 0.15) is 0 Å². The van der Waals surface area contributed by atoms with E-state index in [4.69, 9.17) is 0 Å². The van der Waals surface area contributed by atoms with Gasteiger partial charge in [-0.05, 0) is 38.9 Å². The van der Waals surface area contributed by atoms with Crippen molar-refractivity contribution >= 4 is 0 Å². The highest BCUT2D eigenvalue weighted by Gasteiger charge is 2.27.